The van der Waals surface area contributed by atoms with Gasteiger partial charge >= 0.3 is 17.1 Å². The van der Waals surface area contributed by atoms with E-state index in [-0.39, 0.29) is 22.8 Å². The largest absolute Gasteiger partial charge is 2.00 e. The van der Waals surface area contributed by atoms with Crippen LogP contribution >= 0.6 is 0 Å². The first kappa shape index (κ1) is 18.4. The molecule has 0 fully saturated rings. The molecule has 0 atom stereocenters. The molecule has 4 heteroatoms. The van der Waals surface area contributed by atoms with Crippen molar-refractivity contribution in [3.8, 4) is 0 Å². The van der Waals surface area contributed by atoms with Crippen LogP contribution in [0.4, 0.5) is 0 Å². The molecule has 0 amide bonds. The van der Waals surface area contributed by atoms with Crippen LogP contribution in [0.15, 0.2) is 83.8 Å². The first-order valence-corrected chi connectivity index (χ1v) is 8.40. The Bertz CT molecular complexity index is 708. The van der Waals surface area contributed by atoms with Crippen LogP contribution in [-0.2, 0) is 32.7 Å². The third kappa shape index (κ3) is 5.64. The minimum Gasteiger partial charge on any atom is -0.224 e. The summed E-state index contributed by atoms with van der Waals surface area (Å²) >= 11 is 0. The molecular weight excluding hydrogens is 336 g/mol. The van der Waals surface area contributed by atoms with Gasteiger partial charge < -0.3 is 0 Å². The fourth-order valence-corrected chi connectivity index (χ4v) is 3.23. The third-order valence-electron chi connectivity index (χ3n) is 3.02. The van der Waals surface area contributed by atoms with Crippen LogP contribution in [0, 0.1) is 6.92 Å². The Labute approximate surface area is 142 Å². The summed E-state index contributed by atoms with van der Waals surface area (Å²) in [6.07, 6.45) is 0. The molecule has 0 saturated heterocycles. The van der Waals surface area contributed by atoms with Crippen molar-refractivity contribution in [3.63, 3.8) is 0 Å². The van der Waals surface area contributed by atoms with Crippen LogP contribution in [0.1, 0.15) is 11.1 Å². The first-order valence-electron chi connectivity index (χ1n) is 6.75. The second kappa shape index (κ2) is 8.74. The van der Waals surface area contributed by atoms with Gasteiger partial charge in [-0.2, -0.15) is 30.3 Å². The number of aryl methyl sites for hydroxylation is 1. The standard InChI is InChI=1S/C13H13O2S.C5H5.Fe/c1-11-6-8-13(9-7-11)16(14,15)10-12-4-2-3-5-12;1-2-4-5-3-1;/h2-9H,10H2,1H3;1-5H;/q2*-1;+2. The van der Waals surface area contributed by atoms with Crippen molar-refractivity contribution >= 4 is 9.84 Å². The molecule has 0 aliphatic heterocycles. The number of benzene rings is 1. The van der Waals surface area contributed by atoms with Gasteiger partial charge in [-0.1, -0.05) is 17.7 Å². The third-order valence-corrected chi connectivity index (χ3v) is 4.73. The van der Waals surface area contributed by atoms with Crippen LogP contribution in [0.5, 0.6) is 0 Å². The summed E-state index contributed by atoms with van der Waals surface area (Å²) in [6, 6.07) is 24.3. The van der Waals surface area contributed by atoms with Crippen molar-refractivity contribution in [2.75, 3.05) is 0 Å². The zero-order valence-corrected chi connectivity index (χ0v) is 14.2. The summed E-state index contributed by atoms with van der Waals surface area (Å²) in [4.78, 5) is 0.388. The number of hydrogen-bond acceptors (Lipinski definition) is 2. The molecule has 0 aliphatic carbocycles. The van der Waals surface area contributed by atoms with Gasteiger partial charge in [0.1, 0.15) is 0 Å². The van der Waals surface area contributed by atoms with Gasteiger partial charge in [-0.15, -0.1) is 5.56 Å². The maximum absolute atomic E-state index is 12.0. The monoisotopic (exact) mass is 354 g/mol. The molecule has 2 nitrogen and oxygen atoms in total. The normalized spacial score (nSPS) is 10.2. The maximum atomic E-state index is 12.0. The molecule has 0 radical (unpaired) electrons. The van der Waals surface area contributed by atoms with E-state index in [2.05, 4.69) is 0 Å². The fraction of sp³-hybridized carbons (Fsp3) is 0.111. The molecule has 3 aromatic rings. The van der Waals surface area contributed by atoms with Gasteiger partial charge in [0.25, 0.3) is 0 Å². The van der Waals surface area contributed by atoms with E-state index in [0.29, 0.717) is 4.90 Å². The zero-order valence-electron chi connectivity index (χ0n) is 12.3. The second-order valence-electron chi connectivity index (χ2n) is 4.83. The van der Waals surface area contributed by atoms with Gasteiger partial charge in [-0.3, -0.25) is 0 Å². The van der Waals surface area contributed by atoms with Crippen LogP contribution in [0.3, 0.4) is 0 Å². The summed E-state index contributed by atoms with van der Waals surface area (Å²) < 4.78 is 24.0. The van der Waals surface area contributed by atoms with Crippen molar-refractivity contribution in [1.29, 1.82) is 0 Å². The second-order valence-corrected chi connectivity index (χ2v) is 6.82. The van der Waals surface area contributed by atoms with Gasteiger partial charge in [0.15, 0.2) is 9.84 Å². The fourth-order valence-electron chi connectivity index (χ4n) is 1.88. The summed E-state index contributed by atoms with van der Waals surface area (Å²) in [5.41, 5.74) is 1.90. The van der Waals surface area contributed by atoms with Gasteiger partial charge in [-0.05, 0) is 19.1 Å². The molecule has 0 bridgehead atoms. The quantitative estimate of drug-likeness (QED) is 0.524. The summed E-state index contributed by atoms with van der Waals surface area (Å²) in [5, 5.41) is 0. The molecule has 0 spiro atoms. The van der Waals surface area contributed by atoms with E-state index in [9.17, 15) is 8.42 Å². The summed E-state index contributed by atoms with van der Waals surface area (Å²) in [7, 11) is -3.20. The topological polar surface area (TPSA) is 34.1 Å². The Balaban J connectivity index is 0.000000344. The summed E-state index contributed by atoms with van der Waals surface area (Å²) in [6.45, 7) is 1.94. The van der Waals surface area contributed by atoms with Crippen LogP contribution < -0.4 is 0 Å². The smallest absolute Gasteiger partial charge is 0.224 e. The Kier molecular flexibility index (Phi) is 7.33. The number of sulfone groups is 1. The van der Waals surface area contributed by atoms with E-state index in [1.54, 1.807) is 12.1 Å². The van der Waals surface area contributed by atoms with Crippen molar-refractivity contribution in [2.24, 2.45) is 0 Å². The van der Waals surface area contributed by atoms with Gasteiger partial charge in [0.2, 0.25) is 0 Å². The molecule has 0 aromatic heterocycles. The van der Waals surface area contributed by atoms with Crippen molar-refractivity contribution in [2.45, 2.75) is 17.6 Å². The van der Waals surface area contributed by atoms with Gasteiger partial charge in [0.05, 0.1) is 4.90 Å². The van der Waals surface area contributed by atoms with Crippen LogP contribution in [0.25, 0.3) is 0 Å². The maximum Gasteiger partial charge on any atom is 2.00 e. The molecule has 0 aliphatic rings. The number of rotatable bonds is 3. The minimum absolute atomic E-state index is 0. The Morgan fingerprint density at radius 2 is 1.50 bits per heavy atom. The van der Waals surface area contributed by atoms with E-state index in [1.807, 2.05) is 73.7 Å². The summed E-state index contributed by atoms with van der Waals surface area (Å²) in [5.74, 6) is 0.0725. The van der Waals surface area contributed by atoms with E-state index in [0.717, 1.165) is 11.1 Å². The van der Waals surface area contributed by atoms with E-state index < -0.39 is 9.84 Å². The molecule has 3 aromatic carbocycles. The van der Waals surface area contributed by atoms with Crippen molar-refractivity contribution in [3.05, 3.63) is 90.0 Å². The van der Waals surface area contributed by atoms with E-state index >= 15 is 0 Å². The molecule has 116 valence electrons. The Morgan fingerprint density at radius 1 is 0.955 bits per heavy atom. The Hall–Kier alpha value is -1.61. The predicted molar refractivity (Wildman–Crippen MR) is 86.1 cm³/mol. The molecule has 0 N–H and O–H groups in total. The van der Waals surface area contributed by atoms with Gasteiger partial charge in [0, 0.05) is 5.75 Å². The molecule has 0 heterocycles. The zero-order chi connectivity index (χ0) is 15.1. The SMILES string of the molecule is Cc1ccc(S(=O)(=O)C[c-]2cccc2)cc1.[Fe+2].c1cc[cH-]c1. The van der Waals surface area contributed by atoms with E-state index in [4.69, 9.17) is 0 Å². The minimum atomic E-state index is -3.20. The first-order chi connectivity index (χ1) is 10.1. The predicted octanol–water partition coefficient (Wildman–Crippen LogP) is 4.09. The average molecular weight is 354 g/mol. The molecule has 0 unspecified atom stereocenters. The van der Waals surface area contributed by atoms with Crippen LogP contribution in [0.2, 0.25) is 0 Å². The molecular formula is C18H18FeO2S. The molecule has 22 heavy (non-hydrogen) atoms. The number of hydrogen-bond donors (Lipinski definition) is 0. The molecule has 3 rings (SSSR count). The van der Waals surface area contributed by atoms with Crippen molar-refractivity contribution < 1.29 is 25.5 Å². The Morgan fingerprint density at radius 3 is 1.95 bits per heavy atom. The van der Waals surface area contributed by atoms with Crippen molar-refractivity contribution in [1.82, 2.24) is 0 Å². The van der Waals surface area contributed by atoms with Crippen LogP contribution in [-0.4, -0.2) is 8.42 Å². The van der Waals surface area contributed by atoms with Gasteiger partial charge in [-0.25, -0.2) is 32.7 Å². The molecule has 0 saturated carbocycles. The van der Waals surface area contributed by atoms with E-state index in [1.165, 1.54) is 0 Å². The average Bonchev–Trinajstić information content (AvgIpc) is 3.14.